The van der Waals surface area contributed by atoms with E-state index < -0.39 is 18.3 Å². The predicted molar refractivity (Wildman–Crippen MR) is 54.9 cm³/mol. The summed E-state index contributed by atoms with van der Waals surface area (Å²) >= 11 is 0. The Hall–Kier alpha value is -0.330. The van der Waals surface area contributed by atoms with Gasteiger partial charge in [0.2, 0.25) is 0 Å². The molecule has 1 aliphatic heterocycles. The monoisotopic (exact) mass is 240 g/mol. The second-order valence-electron chi connectivity index (χ2n) is 4.51. The zero-order valence-corrected chi connectivity index (χ0v) is 9.37. The molecule has 0 aliphatic carbocycles. The van der Waals surface area contributed by atoms with Crippen LogP contribution in [0.1, 0.15) is 19.8 Å². The summed E-state index contributed by atoms with van der Waals surface area (Å²) in [6.45, 7) is 2.22. The van der Waals surface area contributed by atoms with Crippen molar-refractivity contribution < 1.29 is 18.3 Å². The van der Waals surface area contributed by atoms with Crippen molar-refractivity contribution in [3.63, 3.8) is 0 Å². The Balaban J connectivity index is 2.61. The fraction of sp³-hybridized carbons (Fsp3) is 1.00. The number of halogens is 3. The quantitative estimate of drug-likeness (QED) is 0.769. The van der Waals surface area contributed by atoms with Gasteiger partial charge in [0.05, 0.1) is 0 Å². The molecule has 0 radical (unpaired) electrons. The van der Waals surface area contributed by atoms with E-state index in [0.717, 1.165) is 0 Å². The van der Waals surface area contributed by atoms with Gasteiger partial charge in [-0.15, -0.1) is 0 Å². The van der Waals surface area contributed by atoms with Crippen molar-refractivity contribution in [2.75, 3.05) is 19.7 Å². The predicted octanol–water partition coefficient (Wildman–Crippen LogP) is 0.969. The summed E-state index contributed by atoms with van der Waals surface area (Å²) in [6.07, 6.45) is -3.00. The summed E-state index contributed by atoms with van der Waals surface area (Å²) in [7, 11) is 0. The number of nitrogens with two attached hydrogens (primary N) is 1. The molecule has 1 saturated heterocycles. The Morgan fingerprint density at radius 3 is 2.56 bits per heavy atom. The lowest BCUT2D eigenvalue weighted by Crippen LogP contribution is -2.54. The van der Waals surface area contributed by atoms with Gasteiger partial charge in [-0.3, -0.25) is 4.90 Å². The maximum absolute atomic E-state index is 12.8. The molecule has 0 amide bonds. The van der Waals surface area contributed by atoms with Gasteiger partial charge in [0.15, 0.2) is 0 Å². The van der Waals surface area contributed by atoms with Gasteiger partial charge in [0, 0.05) is 19.2 Å². The van der Waals surface area contributed by atoms with Crippen molar-refractivity contribution in [2.45, 2.75) is 38.0 Å². The smallest absolute Gasteiger partial charge is 0.396 e. The number of rotatable bonds is 4. The van der Waals surface area contributed by atoms with Gasteiger partial charge in [-0.1, -0.05) is 0 Å². The van der Waals surface area contributed by atoms with Gasteiger partial charge in [0.25, 0.3) is 0 Å². The Kier molecular flexibility index (Phi) is 4.58. The largest absolute Gasteiger partial charge is 0.405 e. The lowest BCUT2D eigenvalue weighted by molar-refractivity contribution is -0.185. The maximum atomic E-state index is 12.8. The molecule has 0 aromatic rings. The Morgan fingerprint density at radius 2 is 2.12 bits per heavy atom. The molecule has 1 rings (SSSR count). The molecular formula is C10H19F3N2O. The van der Waals surface area contributed by atoms with Crippen molar-refractivity contribution in [1.82, 2.24) is 4.90 Å². The molecule has 0 aromatic carbocycles. The van der Waals surface area contributed by atoms with E-state index in [9.17, 15) is 13.2 Å². The highest BCUT2D eigenvalue weighted by Gasteiger charge is 2.47. The van der Waals surface area contributed by atoms with Crippen LogP contribution < -0.4 is 5.73 Å². The first-order chi connectivity index (χ1) is 7.36. The van der Waals surface area contributed by atoms with Crippen LogP contribution in [0.5, 0.6) is 0 Å². The van der Waals surface area contributed by atoms with Crippen LogP contribution in [0, 0.1) is 5.92 Å². The minimum Gasteiger partial charge on any atom is -0.396 e. The molecule has 1 heterocycles. The third-order valence-corrected chi connectivity index (χ3v) is 3.08. The molecule has 3 unspecified atom stereocenters. The lowest BCUT2D eigenvalue weighted by Gasteiger charge is -2.32. The van der Waals surface area contributed by atoms with Crippen LogP contribution in [0.3, 0.4) is 0 Å². The summed E-state index contributed by atoms with van der Waals surface area (Å²) in [4.78, 5) is 1.39. The summed E-state index contributed by atoms with van der Waals surface area (Å²) in [5.74, 6) is 0.161. The summed E-state index contributed by atoms with van der Waals surface area (Å²) < 4.78 is 38.3. The number of nitrogens with zero attached hydrogens (tertiary/aromatic N) is 1. The van der Waals surface area contributed by atoms with Crippen LogP contribution in [0.25, 0.3) is 0 Å². The lowest BCUT2D eigenvalue weighted by atomic mass is 10.1. The van der Waals surface area contributed by atoms with Crippen molar-refractivity contribution in [3.05, 3.63) is 0 Å². The van der Waals surface area contributed by atoms with E-state index >= 15 is 0 Å². The van der Waals surface area contributed by atoms with Crippen molar-refractivity contribution >= 4 is 0 Å². The van der Waals surface area contributed by atoms with Gasteiger partial charge in [0.1, 0.15) is 6.04 Å². The summed E-state index contributed by atoms with van der Waals surface area (Å²) in [6, 6.07) is -2.48. The Morgan fingerprint density at radius 1 is 1.50 bits per heavy atom. The number of hydrogen-bond acceptors (Lipinski definition) is 3. The van der Waals surface area contributed by atoms with Crippen LogP contribution in [0.4, 0.5) is 13.2 Å². The van der Waals surface area contributed by atoms with Crippen molar-refractivity contribution in [1.29, 1.82) is 0 Å². The molecule has 3 N–H and O–H groups in total. The van der Waals surface area contributed by atoms with Crippen LogP contribution >= 0.6 is 0 Å². The van der Waals surface area contributed by atoms with Gasteiger partial charge in [-0.25, -0.2) is 0 Å². The first-order valence-electron chi connectivity index (χ1n) is 5.53. The van der Waals surface area contributed by atoms with Crippen molar-refractivity contribution in [2.24, 2.45) is 11.7 Å². The molecule has 1 aliphatic rings. The fourth-order valence-electron chi connectivity index (χ4n) is 2.37. The molecule has 0 saturated carbocycles. The molecule has 0 spiro atoms. The van der Waals surface area contributed by atoms with Crippen LogP contribution in [0.2, 0.25) is 0 Å². The zero-order chi connectivity index (χ0) is 12.3. The highest BCUT2D eigenvalue weighted by atomic mass is 19.4. The van der Waals surface area contributed by atoms with Crippen LogP contribution in [0.15, 0.2) is 0 Å². The van der Waals surface area contributed by atoms with E-state index in [1.807, 2.05) is 0 Å². The number of likely N-dealkylation sites (tertiary alicyclic amines) is 1. The van der Waals surface area contributed by atoms with E-state index in [1.54, 1.807) is 0 Å². The molecule has 1 fully saturated rings. The van der Waals surface area contributed by atoms with Crippen LogP contribution in [-0.2, 0) is 0 Å². The molecule has 6 heteroatoms. The molecule has 3 atom stereocenters. The molecule has 0 aromatic heterocycles. The molecule has 3 nitrogen and oxygen atoms in total. The highest BCUT2D eigenvalue weighted by molar-refractivity contribution is 4.90. The highest BCUT2D eigenvalue weighted by Crippen LogP contribution is 2.31. The standard InChI is InChI=1S/C10H19F3N2O/c1-7(14)9(10(11,12)13)15-4-2-8(6-15)3-5-16/h7-9,16H,2-6,14H2,1H3. The third-order valence-electron chi connectivity index (χ3n) is 3.08. The molecule has 96 valence electrons. The Labute approximate surface area is 93.4 Å². The average molecular weight is 240 g/mol. The number of aliphatic hydroxyl groups excluding tert-OH is 1. The zero-order valence-electron chi connectivity index (χ0n) is 9.37. The minimum absolute atomic E-state index is 0.0351. The first-order valence-corrected chi connectivity index (χ1v) is 5.53. The first kappa shape index (κ1) is 13.7. The fourth-order valence-corrected chi connectivity index (χ4v) is 2.37. The third kappa shape index (κ3) is 3.33. The van der Waals surface area contributed by atoms with E-state index in [4.69, 9.17) is 10.8 Å². The van der Waals surface area contributed by atoms with Gasteiger partial charge < -0.3 is 10.8 Å². The second kappa shape index (κ2) is 5.33. The van der Waals surface area contributed by atoms with Crippen molar-refractivity contribution in [3.8, 4) is 0 Å². The Bertz CT molecular complexity index is 221. The molecular weight excluding hydrogens is 221 g/mol. The van der Waals surface area contributed by atoms with Crippen LogP contribution in [-0.4, -0.2) is 48.0 Å². The topological polar surface area (TPSA) is 49.5 Å². The van der Waals surface area contributed by atoms with E-state index in [0.29, 0.717) is 25.9 Å². The van der Waals surface area contributed by atoms with Gasteiger partial charge >= 0.3 is 6.18 Å². The van der Waals surface area contributed by atoms with Gasteiger partial charge in [-0.05, 0) is 32.2 Å². The normalized spacial score (nSPS) is 27.0. The number of hydrogen-bond donors (Lipinski definition) is 2. The minimum atomic E-state index is -4.28. The second-order valence-corrected chi connectivity index (χ2v) is 4.51. The van der Waals surface area contributed by atoms with E-state index in [1.165, 1.54) is 11.8 Å². The van der Waals surface area contributed by atoms with E-state index in [-0.39, 0.29) is 12.5 Å². The maximum Gasteiger partial charge on any atom is 0.405 e. The SMILES string of the molecule is CC(N)C(N1CCC(CCO)C1)C(F)(F)F. The summed E-state index contributed by atoms with van der Waals surface area (Å²) in [5.41, 5.74) is 5.41. The number of aliphatic hydroxyl groups is 1. The van der Waals surface area contributed by atoms with E-state index in [2.05, 4.69) is 0 Å². The average Bonchev–Trinajstić information content (AvgIpc) is 2.50. The van der Waals surface area contributed by atoms with Gasteiger partial charge in [-0.2, -0.15) is 13.2 Å². The molecule has 0 bridgehead atoms. The molecule has 16 heavy (non-hydrogen) atoms. The number of alkyl halides is 3. The summed E-state index contributed by atoms with van der Waals surface area (Å²) in [5, 5.41) is 8.76.